The van der Waals surface area contributed by atoms with E-state index in [0.29, 0.717) is 0 Å². The molecule has 4 heteroatoms. The van der Waals surface area contributed by atoms with Gasteiger partial charge in [-0.3, -0.25) is 4.79 Å². The van der Waals surface area contributed by atoms with E-state index >= 15 is 0 Å². The molecule has 1 atom stereocenters. The van der Waals surface area contributed by atoms with Crippen molar-refractivity contribution in [2.45, 2.75) is 12.3 Å². The van der Waals surface area contributed by atoms with Crippen molar-refractivity contribution in [2.24, 2.45) is 0 Å². The maximum Gasteiger partial charge on any atom is 0.312 e. The molecule has 1 fully saturated rings. The third kappa shape index (κ3) is 1.24. The van der Waals surface area contributed by atoms with Crippen LogP contribution in [0.25, 0.3) is 0 Å². The van der Waals surface area contributed by atoms with Crippen LogP contribution in [0.3, 0.4) is 0 Å². The van der Waals surface area contributed by atoms with Gasteiger partial charge < -0.3 is 10.0 Å². The Morgan fingerprint density at radius 3 is 2.78 bits per heavy atom. The highest BCUT2D eigenvalue weighted by Gasteiger charge is 2.27. The fourth-order valence-corrected chi connectivity index (χ4v) is 1.04. The molecule has 1 aliphatic rings. The van der Waals surface area contributed by atoms with Gasteiger partial charge in [-0.15, -0.1) is 0 Å². The number of likely N-dealkylation sites (N-methyl/N-ethyl adjacent to an activating group) is 1. The summed E-state index contributed by atoms with van der Waals surface area (Å²) < 4.78 is 0. The van der Waals surface area contributed by atoms with E-state index in [-0.39, 0.29) is 5.94 Å². The second kappa shape index (κ2) is 2.39. The number of rotatable bonds is 1. The lowest BCUT2D eigenvalue weighted by atomic mass is 9.70. The minimum atomic E-state index is -0.741. The van der Waals surface area contributed by atoms with Crippen LogP contribution in [0.2, 0.25) is 6.32 Å². The second-order valence-electron chi connectivity index (χ2n) is 2.29. The first-order valence-electron chi connectivity index (χ1n) is 2.98. The highest BCUT2D eigenvalue weighted by atomic mass is 16.4. The molecule has 49 valence electrons. The summed E-state index contributed by atoms with van der Waals surface area (Å²) in [5, 5.41) is 8.51. The van der Waals surface area contributed by atoms with Crippen molar-refractivity contribution >= 4 is 13.2 Å². The Hall–Kier alpha value is -0.505. The van der Waals surface area contributed by atoms with E-state index in [2.05, 4.69) is 0 Å². The second-order valence-corrected chi connectivity index (χ2v) is 2.29. The molecule has 1 aliphatic heterocycles. The van der Waals surface area contributed by atoms with Crippen LogP contribution in [0.4, 0.5) is 0 Å². The Kier molecular flexibility index (Phi) is 1.76. The van der Waals surface area contributed by atoms with Crippen LogP contribution in [0.1, 0.15) is 0 Å². The van der Waals surface area contributed by atoms with Gasteiger partial charge in [0.1, 0.15) is 7.28 Å². The normalized spacial score (nSPS) is 27.9. The lowest BCUT2D eigenvalue weighted by Crippen LogP contribution is -2.35. The molecule has 1 saturated heterocycles. The van der Waals surface area contributed by atoms with E-state index in [4.69, 9.17) is 5.11 Å². The fraction of sp³-hybridized carbons (Fsp3) is 0.800. The summed E-state index contributed by atoms with van der Waals surface area (Å²) in [6.45, 7) is 0.872. The smallest absolute Gasteiger partial charge is 0.312 e. The number of hydrogen-bond acceptors (Lipinski definition) is 2. The zero-order chi connectivity index (χ0) is 6.85. The van der Waals surface area contributed by atoms with Crippen LogP contribution < -0.4 is 0 Å². The zero-order valence-corrected chi connectivity index (χ0v) is 5.37. The van der Waals surface area contributed by atoms with Crippen molar-refractivity contribution in [1.82, 2.24) is 4.90 Å². The number of aliphatic carboxylic acids is 1. The molecule has 0 amide bonds. The molecule has 1 rings (SSSR count). The molecule has 0 saturated carbocycles. The van der Waals surface area contributed by atoms with E-state index in [0.717, 1.165) is 12.9 Å². The lowest BCUT2D eigenvalue weighted by molar-refractivity contribution is -0.139. The third-order valence-corrected chi connectivity index (χ3v) is 1.60. The quantitative estimate of drug-likeness (QED) is 0.480. The van der Waals surface area contributed by atoms with Gasteiger partial charge in [0.05, 0.1) is 5.94 Å². The van der Waals surface area contributed by atoms with Crippen molar-refractivity contribution in [3.63, 3.8) is 0 Å². The molecule has 1 radical (unpaired) electrons. The van der Waals surface area contributed by atoms with Crippen molar-refractivity contribution in [3.8, 4) is 0 Å². The number of carboxylic acid groups (broad SMARTS) is 1. The van der Waals surface area contributed by atoms with Gasteiger partial charge in [0.25, 0.3) is 0 Å². The summed E-state index contributed by atoms with van der Waals surface area (Å²) in [5.74, 6) is -1.08. The molecule has 0 aliphatic carbocycles. The van der Waals surface area contributed by atoms with E-state index in [1.54, 1.807) is 0 Å². The zero-order valence-electron chi connectivity index (χ0n) is 5.37. The summed E-state index contributed by atoms with van der Waals surface area (Å²) in [4.78, 5) is 12.2. The predicted molar refractivity (Wildman–Crippen MR) is 34.6 cm³/mol. The molecule has 0 aromatic rings. The summed E-state index contributed by atoms with van der Waals surface area (Å²) >= 11 is 0. The first kappa shape index (κ1) is 6.61. The standard InChI is InChI=1S/C5H9BNO2/c1-7-3-2-6-4(7)5(8)9/h4H,2-3H2,1H3,(H,8,9). The lowest BCUT2D eigenvalue weighted by Gasteiger charge is -2.13. The summed E-state index contributed by atoms with van der Waals surface area (Å²) in [6, 6.07) is 0. The van der Waals surface area contributed by atoms with Gasteiger partial charge in [0.2, 0.25) is 0 Å². The van der Waals surface area contributed by atoms with E-state index in [9.17, 15) is 4.79 Å². The Bertz CT molecular complexity index is 128. The monoisotopic (exact) mass is 126 g/mol. The summed E-state index contributed by atoms with van der Waals surface area (Å²) in [7, 11) is 3.64. The van der Waals surface area contributed by atoms with Gasteiger partial charge in [0, 0.05) is 0 Å². The fourth-order valence-electron chi connectivity index (χ4n) is 1.04. The largest absolute Gasteiger partial charge is 0.481 e. The Morgan fingerprint density at radius 2 is 2.56 bits per heavy atom. The van der Waals surface area contributed by atoms with Crippen LogP contribution in [0.15, 0.2) is 0 Å². The maximum atomic E-state index is 10.3. The summed E-state index contributed by atoms with van der Waals surface area (Å²) in [5.41, 5.74) is 0. The number of hydrogen-bond donors (Lipinski definition) is 1. The highest BCUT2D eigenvalue weighted by Crippen LogP contribution is 2.06. The van der Waals surface area contributed by atoms with E-state index < -0.39 is 5.97 Å². The van der Waals surface area contributed by atoms with Crippen LogP contribution in [0.5, 0.6) is 0 Å². The highest BCUT2D eigenvalue weighted by molar-refractivity contribution is 6.44. The molecule has 1 N–H and O–H groups in total. The van der Waals surface area contributed by atoms with E-state index in [1.807, 2.05) is 19.2 Å². The van der Waals surface area contributed by atoms with Gasteiger partial charge in [-0.05, 0) is 13.6 Å². The molecule has 9 heavy (non-hydrogen) atoms. The van der Waals surface area contributed by atoms with Crippen molar-refractivity contribution < 1.29 is 9.90 Å². The molecule has 0 bridgehead atoms. The molecule has 3 nitrogen and oxygen atoms in total. The number of nitrogens with zero attached hydrogens (tertiary/aromatic N) is 1. The Labute approximate surface area is 54.9 Å². The van der Waals surface area contributed by atoms with Crippen molar-refractivity contribution in [1.29, 1.82) is 0 Å². The Morgan fingerprint density at radius 1 is 1.89 bits per heavy atom. The van der Waals surface area contributed by atoms with Gasteiger partial charge in [-0.1, -0.05) is 6.32 Å². The van der Waals surface area contributed by atoms with Crippen molar-refractivity contribution in [3.05, 3.63) is 0 Å². The maximum absolute atomic E-state index is 10.3. The van der Waals surface area contributed by atoms with Gasteiger partial charge in [-0.25, -0.2) is 0 Å². The molecule has 0 aromatic heterocycles. The average Bonchev–Trinajstić information content (AvgIpc) is 2.13. The summed E-state index contributed by atoms with van der Waals surface area (Å²) in [6.07, 6.45) is 0.896. The first-order chi connectivity index (χ1) is 4.22. The van der Waals surface area contributed by atoms with Crippen LogP contribution >= 0.6 is 0 Å². The molecular formula is C5H9BNO2. The average molecular weight is 126 g/mol. The molecule has 1 unspecified atom stereocenters. The molecular weight excluding hydrogens is 117 g/mol. The van der Waals surface area contributed by atoms with E-state index in [1.165, 1.54) is 0 Å². The van der Waals surface area contributed by atoms with Crippen LogP contribution in [-0.2, 0) is 4.79 Å². The predicted octanol–water partition coefficient (Wildman–Crippen LogP) is -0.535. The van der Waals surface area contributed by atoms with Gasteiger partial charge >= 0.3 is 5.97 Å². The SMILES string of the molecule is CN1CC[B]C1C(=O)O. The topological polar surface area (TPSA) is 40.5 Å². The Balaban J connectivity index is 2.49. The molecule has 1 heterocycles. The number of carbonyl (C=O) groups is 1. The first-order valence-corrected chi connectivity index (χ1v) is 2.98. The molecule has 0 spiro atoms. The number of carboxylic acids is 1. The van der Waals surface area contributed by atoms with Gasteiger partial charge in [-0.2, -0.15) is 0 Å². The molecule has 0 aromatic carbocycles. The third-order valence-electron chi connectivity index (χ3n) is 1.60. The van der Waals surface area contributed by atoms with Crippen LogP contribution in [-0.4, -0.2) is 42.8 Å². The van der Waals surface area contributed by atoms with Gasteiger partial charge in [0.15, 0.2) is 0 Å². The minimum absolute atomic E-state index is 0.343. The van der Waals surface area contributed by atoms with Crippen molar-refractivity contribution in [2.75, 3.05) is 13.6 Å². The van der Waals surface area contributed by atoms with Crippen LogP contribution in [0, 0.1) is 0 Å². The minimum Gasteiger partial charge on any atom is -0.481 e.